The summed E-state index contributed by atoms with van der Waals surface area (Å²) in [7, 11) is 3.09. The van der Waals surface area contributed by atoms with Crippen LogP contribution in [-0.4, -0.2) is 39.9 Å². The standard InChI is InChI=1S/C16H17N5O3S/c1-23-11-6-5-10(7-12(11)24-2)15(22)17-8-13-20-21-14(9-3-4-9)18-19-16(21)25-13/h5-7,9H,3-4,8H2,1-2H3,(H,17,22). The Labute approximate surface area is 147 Å². The Morgan fingerprint density at radius 2 is 2.08 bits per heavy atom. The molecule has 0 saturated heterocycles. The predicted octanol–water partition coefficient (Wildman–Crippen LogP) is 2.01. The van der Waals surface area contributed by atoms with Gasteiger partial charge in [-0.05, 0) is 31.0 Å². The van der Waals surface area contributed by atoms with Crippen LogP contribution in [0.3, 0.4) is 0 Å². The summed E-state index contributed by atoms with van der Waals surface area (Å²) in [6.07, 6.45) is 2.29. The molecule has 0 atom stereocenters. The second-order valence-electron chi connectivity index (χ2n) is 5.78. The van der Waals surface area contributed by atoms with Crippen LogP contribution in [0.25, 0.3) is 4.96 Å². The molecule has 2 aromatic heterocycles. The number of nitrogens with one attached hydrogen (secondary N) is 1. The van der Waals surface area contributed by atoms with Gasteiger partial charge in [0, 0.05) is 11.5 Å². The number of methoxy groups -OCH3 is 2. The van der Waals surface area contributed by atoms with Gasteiger partial charge in [0.05, 0.1) is 20.8 Å². The maximum atomic E-state index is 12.4. The van der Waals surface area contributed by atoms with Gasteiger partial charge < -0.3 is 14.8 Å². The number of nitrogens with zero attached hydrogens (tertiary/aromatic N) is 4. The third-order valence-electron chi connectivity index (χ3n) is 4.05. The van der Waals surface area contributed by atoms with E-state index < -0.39 is 0 Å². The molecule has 3 aromatic rings. The molecule has 1 N–H and O–H groups in total. The van der Waals surface area contributed by atoms with Gasteiger partial charge in [-0.2, -0.15) is 9.61 Å². The normalized spacial score (nSPS) is 13.8. The molecular formula is C16H17N5O3S. The average Bonchev–Trinajstić information content (AvgIpc) is 3.28. The Morgan fingerprint density at radius 1 is 1.28 bits per heavy atom. The van der Waals surface area contributed by atoms with Gasteiger partial charge >= 0.3 is 0 Å². The van der Waals surface area contributed by atoms with E-state index in [9.17, 15) is 4.79 Å². The minimum atomic E-state index is -0.200. The number of hydrogen-bond acceptors (Lipinski definition) is 7. The van der Waals surface area contributed by atoms with Crippen LogP contribution >= 0.6 is 11.3 Å². The van der Waals surface area contributed by atoms with Crippen LogP contribution in [-0.2, 0) is 6.54 Å². The zero-order chi connectivity index (χ0) is 17.4. The molecule has 1 amide bonds. The van der Waals surface area contributed by atoms with Crippen molar-refractivity contribution in [2.24, 2.45) is 0 Å². The molecule has 1 aromatic carbocycles. The van der Waals surface area contributed by atoms with E-state index in [1.54, 1.807) is 29.8 Å². The van der Waals surface area contributed by atoms with Gasteiger partial charge in [-0.1, -0.05) is 11.3 Å². The van der Waals surface area contributed by atoms with E-state index in [1.165, 1.54) is 18.4 Å². The van der Waals surface area contributed by atoms with E-state index in [2.05, 4.69) is 20.6 Å². The quantitative estimate of drug-likeness (QED) is 0.724. The van der Waals surface area contributed by atoms with Crippen LogP contribution in [0.15, 0.2) is 18.2 Å². The molecular weight excluding hydrogens is 342 g/mol. The molecule has 130 valence electrons. The number of carbonyl (C=O) groups excluding carboxylic acids is 1. The van der Waals surface area contributed by atoms with Gasteiger partial charge in [0.1, 0.15) is 5.01 Å². The molecule has 2 heterocycles. The molecule has 0 radical (unpaired) electrons. The van der Waals surface area contributed by atoms with Gasteiger partial charge in [0.2, 0.25) is 4.96 Å². The highest BCUT2D eigenvalue weighted by Crippen LogP contribution is 2.39. The SMILES string of the molecule is COc1ccc(C(=O)NCc2nn3c(C4CC4)nnc3s2)cc1OC. The number of hydrogen-bond donors (Lipinski definition) is 1. The monoisotopic (exact) mass is 359 g/mol. The number of rotatable bonds is 6. The van der Waals surface area contributed by atoms with E-state index in [0.29, 0.717) is 29.5 Å². The first kappa shape index (κ1) is 15.8. The first-order valence-electron chi connectivity index (χ1n) is 7.91. The van der Waals surface area contributed by atoms with Crippen molar-refractivity contribution in [2.45, 2.75) is 25.3 Å². The third kappa shape index (κ3) is 3.02. The largest absolute Gasteiger partial charge is 0.493 e. The lowest BCUT2D eigenvalue weighted by Gasteiger charge is -2.09. The Balaban J connectivity index is 1.46. The van der Waals surface area contributed by atoms with E-state index in [1.807, 2.05) is 0 Å². The molecule has 25 heavy (non-hydrogen) atoms. The van der Waals surface area contributed by atoms with Crippen molar-refractivity contribution in [3.05, 3.63) is 34.6 Å². The second kappa shape index (κ2) is 6.32. The summed E-state index contributed by atoms with van der Waals surface area (Å²) < 4.78 is 12.2. The second-order valence-corrected chi connectivity index (χ2v) is 6.82. The van der Waals surface area contributed by atoms with Crippen LogP contribution in [0.2, 0.25) is 0 Å². The minimum Gasteiger partial charge on any atom is -0.493 e. The van der Waals surface area contributed by atoms with E-state index in [-0.39, 0.29) is 5.91 Å². The molecule has 0 unspecified atom stereocenters. The highest BCUT2D eigenvalue weighted by molar-refractivity contribution is 7.16. The molecule has 8 nitrogen and oxygen atoms in total. The fraction of sp³-hybridized carbons (Fsp3) is 0.375. The summed E-state index contributed by atoms with van der Waals surface area (Å²) in [5.74, 6) is 2.30. The first-order chi connectivity index (χ1) is 12.2. The van der Waals surface area contributed by atoms with Crippen molar-refractivity contribution in [1.29, 1.82) is 0 Å². The third-order valence-corrected chi connectivity index (χ3v) is 4.94. The van der Waals surface area contributed by atoms with Crippen molar-refractivity contribution in [3.63, 3.8) is 0 Å². The number of aromatic nitrogens is 4. The number of ether oxygens (including phenoxy) is 2. The van der Waals surface area contributed by atoms with Gasteiger partial charge in [0.25, 0.3) is 5.91 Å². The fourth-order valence-corrected chi connectivity index (χ4v) is 3.35. The van der Waals surface area contributed by atoms with Crippen LogP contribution in [0.5, 0.6) is 11.5 Å². The summed E-state index contributed by atoms with van der Waals surface area (Å²) in [6, 6.07) is 5.05. The van der Waals surface area contributed by atoms with Crippen molar-refractivity contribution in [2.75, 3.05) is 14.2 Å². The highest BCUT2D eigenvalue weighted by atomic mass is 32.1. The highest BCUT2D eigenvalue weighted by Gasteiger charge is 2.30. The van der Waals surface area contributed by atoms with Crippen LogP contribution < -0.4 is 14.8 Å². The number of amides is 1. The molecule has 4 rings (SSSR count). The smallest absolute Gasteiger partial charge is 0.251 e. The maximum absolute atomic E-state index is 12.4. The predicted molar refractivity (Wildman–Crippen MR) is 91.4 cm³/mol. The maximum Gasteiger partial charge on any atom is 0.251 e. The van der Waals surface area contributed by atoms with E-state index >= 15 is 0 Å². The van der Waals surface area contributed by atoms with Gasteiger partial charge in [-0.3, -0.25) is 4.79 Å². The lowest BCUT2D eigenvalue weighted by molar-refractivity contribution is 0.0950. The molecule has 1 aliphatic carbocycles. The minimum absolute atomic E-state index is 0.200. The summed E-state index contributed by atoms with van der Waals surface area (Å²) in [6.45, 7) is 0.339. The summed E-state index contributed by atoms with van der Waals surface area (Å²) >= 11 is 1.43. The zero-order valence-corrected chi connectivity index (χ0v) is 14.7. The lowest BCUT2D eigenvalue weighted by Crippen LogP contribution is -2.22. The van der Waals surface area contributed by atoms with Crippen LogP contribution in [0.1, 0.15) is 39.9 Å². The van der Waals surface area contributed by atoms with Gasteiger partial charge in [0.15, 0.2) is 17.3 Å². The number of benzene rings is 1. The Kier molecular flexibility index (Phi) is 4.00. The molecule has 0 aliphatic heterocycles. The topological polar surface area (TPSA) is 90.6 Å². The van der Waals surface area contributed by atoms with E-state index in [0.717, 1.165) is 28.6 Å². The van der Waals surface area contributed by atoms with Crippen molar-refractivity contribution >= 4 is 22.2 Å². The molecule has 0 bridgehead atoms. The van der Waals surface area contributed by atoms with Crippen molar-refractivity contribution in [1.82, 2.24) is 25.1 Å². The van der Waals surface area contributed by atoms with Gasteiger partial charge in [-0.15, -0.1) is 10.2 Å². The lowest BCUT2D eigenvalue weighted by atomic mass is 10.2. The van der Waals surface area contributed by atoms with E-state index in [4.69, 9.17) is 9.47 Å². The Morgan fingerprint density at radius 3 is 2.80 bits per heavy atom. The Hall–Kier alpha value is -2.68. The van der Waals surface area contributed by atoms with Crippen molar-refractivity contribution in [3.8, 4) is 11.5 Å². The summed E-state index contributed by atoms with van der Waals surface area (Å²) in [5, 5.41) is 16.5. The molecule has 1 saturated carbocycles. The molecule has 0 spiro atoms. The number of carbonyl (C=O) groups is 1. The summed E-state index contributed by atoms with van der Waals surface area (Å²) in [4.78, 5) is 13.1. The first-order valence-corrected chi connectivity index (χ1v) is 8.72. The van der Waals surface area contributed by atoms with Crippen LogP contribution in [0, 0.1) is 0 Å². The summed E-state index contributed by atoms with van der Waals surface area (Å²) in [5.41, 5.74) is 0.499. The molecule has 1 fully saturated rings. The average molecular weight is 359 g/mol. The number of fused-ring (bicyclic) bond motifs is 1. The Bertz CT molecular complexity index is 931. The van der Waals surface area contributed by atoms with Crippen LogP contribution in [0.4, 0.5) is 0 Å². The molecule has 9 heteroatoms. The molecule has 1 aliphatic rings. The zero-order valence-electron chi connectivity index (χ0n) is 13.9. The van der Waals surface area contributed by atoms with Crippen molar-refractivity contribution < 1.29 is 14.3 Å². The fourth-order valence-electron chi connectivity index (χ4n) is 2.57. The van der Waals surface area contributed by atoms with Gasteiger partial charge in [-0.25, -0.2) is 0 Å².